The molecule has 11 heteroatoms. The average molecular weight is 959 g/mol. The molecule has 1 fully saturated rings. The van der Waals surface area contributed by atoms with Gasteiger partial charge in [-0.1, -0.05) is 271 Å². The highest BCUT2D eigenvalue weighted by Gasteiger charge is 2.44. The van der Waals surface area contributed by atoms with Gasteiger partial charge in [-0.05, 0) is 12.8 Å². The van der Waals surface area contributed by atoms with E-state index in [0.717, 1.165) is 38.5 Å². The Bertz CT molecular complexity index is 1050. The second-order valence-electron chi connectivity index (χ2n) is 20.7. The predicted molar refractivity (Wildman–Crippen MR) is 275 cm³/mol. The van der Waals surface area contributed by atoms with Crippen molar-refractivity contribution in [1.29, 1.82) is 0 Å². The summed E-state index contributed by atoms with van der Waals surface area (Å²) in [7, 11) is 0. The van der Waals surface area contributed by atoms with Gasteiger partial charge in [0.25, 0.3) is 0 Å². The van der Waals surface area contributed by atoms with Crippen LogP contribution in [-0.4, -0.2) is 110 Å². The molecule has 400 valence electrons. The van der Waals surface area contributed by atoms with Crippen molar-refractivity contribution in [3.63, 3.8) is 0 Å². The molecule has 1 rings (SSSR count). The molecule has 1 aliphatic rings. The fraction of sp³-hybridized carbons (Fsp3) is 0.982. The molecule has 1 aliphatic heterocycles. The molecule has 67 heavy (non-hydrogen) atoms. The van der Waals surface area contributed by atoms with Crippen LogP contribution in [0.5, 0.6) is 0 Å². The third-order valence-electron chi connectivity index (χ3n) is 14.4. The van der Waals surface area contributed by atoms with Crippen molar-refractivity contribution in [2.45, 2.75) is 339 Å². The van der Waals surface area contributed by atoms with Crippen molar-refractivity contribution in [2.24, 2.45) is 0 Å². The second kappa shape index (κ2) is 46.2. The van der Waals surface area contributed by atoms with E-state index in [9.17, 15) is 40.5 Å². The summed E-state index contributed by atoms with van der Waals surface area (Å²) < 4.78 is 11.1. The van der Waals surface area contributed by atoms with Crippen LogP contribution in [0.1, 0.15) is 284 Å². The van der Waals surface area contributed by atoms with Gasteiger partial charge in [0.05, 0.1) is 25.4 Å². The normalized spacial score (nSPS) is 20.5. The van der Waals surface area contributed by atoms with Gasteiger partial charge in [0.1, 0.15) is 36.6 Å². The fourth-order valence-electron chi connectivity index (χ4n) is 9.68. The van der Waals surface area contributed by atoms with Crippen LogP contribution in [-0.2, 0) is 14.3 Å². The van der Waals surface area contributed by atoms with Crippen molar-refractivity contribution in [1.82, 2.24) is 5.32 Å². The fourth-order valence-corrected chi connectivity index (χ4v) is 9.68. The summed E-state index contributed by atoms with van der Waals surface area (Å²) in [5, 5.41) is 76.0. The number of rotatable bonds is 50. The van der Waals surface area contributed by atoms with Crippen LogP contribution in [0.25, 0.3) is 0 Å². The van der Waals surface area contributed by atoms with E-state index in [2.05, 4.69) is 19.2 Å². The Morgan fingerprint density at radius 2 is 0.776 bits per heavy atom. The van der Waals surface area contributed by atoms with Crippen LogP contribution in [0.4, 0.5) is 0 Å². The van der Waals surface area contributed by atoms with Crippen LogP contribution in [0.3, 0.4) is 0 Å². The molecule has 0 saturated carbocycles. The first-order chi connectivity index (χ1) is 32.7. The Kier molecular flexibility index (Phi) is 44.2. The van der Waals surface area contributed by atoms with E-state index < -0.39 is 74.2 Å². The van der Waals surface area contributed by atoms with E-state index in [-0.39, 0.29) is 6.42 Å². The molecule has 1 heterocycles. The van der Waals surface area contributed by atoms with E-state index in [0.29, 0.717) is 19.3 Å². The summed E-state index contributed by atoms with van der Waals surface area (Å²) in [6.45, 7) is 3.48. The number of carbonyl (C=O) groups excluding carboxylic acids is 1. The highest BCUT2D eigenvalue weighted by atomic mass is 16.7. The minimum atomic E-state index is -1.66. The number of aliphatic hydroxyl groups excluding tert-OH is 7. The molecule has 0 aliphatic carbocycles. The van der Waals surface area contributed by atoms with Crippen molar-refractivity contribution in [2.75, 3.05) is 13.2 Å². The SMILES string of the molecule is CCCCCCCCCCCCCCCCCCCCCCCCCCCCCC(O)C(O)C(COC1OC(CO)C(O)C(O)C1O)NC(=O)C(O)CCCCCCCCCCCCCCC. The molecule has 11 nitrogen and oxygen atoms in total. The zero-order chi connectivity index (χ0) is 49.0. The maximum atomic E-state index is 13.1. The zero-order valence-corrected chi connectivity index (χ0v) is 43.7. The van der Waals surface area contributed by atoms with Crippen LogP contribution in [0.15, 0.2) is 0 Å². The second-order valence-corrected chi connectivity index (χ2v) is 20.7. The first-order valence-corrected chi connectivity index (χ1v) is 28.9. The molecule has 9 atom stereocenters. The summed E-state index contributed by atoms with van der Waals surface area (Å²) in [4.78, 5) is 13.1. The van der Waals surface area contributed by atoms with Crippen molar-refractivity contribution < 1.29 is 50.0 Å². The Labute approximate surface area is 411 Å². The van der Waals surface area contributed by atoms with Gasteiger partial charge in [0, 0.05) is 0 Å². The number of unbranched alkanes of at least 4 members (excludes halogenated alkanes) is 38. The van der Waals surface area contributed by atoms with Crippen LogP contribution in [0.2, 0.25) is 0 Å². The zero-order valence-electron chi connectivity index (χ0n) is 43.7. The summed E-state index contributed by atoms with van der Waals surface area (Å²) in [6, 6.07) is -1.16. The predicted octanol–water partition coefficient (Wildman–Crippen LogP) is 11.8. The standard InChI is InChI=1S/C56H111NO10/c1-3-5-7-9-11-13-15-17-18-19-20-21-22-23-24-25-26-27-28-29-30-32-33-35-37-39-41-43-48(59)51(61)47(46-66-56-54(64)53(63)52(62)50(45-58)67-56)57-55(65)49(60)44-42-40-38-36-34-31-16-14-12-10-8-6-4-2/h47-54,56,58-64H,3-46H2,1-2H3,(H,57,65). The first kappa shape index (κ1) is 64.1. The molecule has 0 spiro atoms. The Balaban J connectivity index is 2.25. The Morgan fingerprint density at radius 3 is 1.10 bits per heavy atom. The number of hydrogen-bond donors (Lipinski definition) is 8. The van der Waals surface area contributed by atoms with Crippen molar-refractivity contribution in [3.05, 3.63) is 0 Å². The maximum absolute atomic E-state index is 13.1. The summed E-state index contributed by atoms with van der Waals surface area (Å²) in [5.74, 6) is -0.692. The molecular formula is C56H111NO10. The molecule has 1 saturated heterocycles. The molecule has 0 aromatic rings. The average Bonchev–Trinajstić information content (AvgIpc) is 3.33. The number of hydrogen-bond acceptors (Lipinski definition) is 10. The van der Waals surface area contributed by atoms with Crippen molar-refractivity contribution in [3.8, 4) is 0 Å². The van der Waals surface area contributed by atoms with Gasteiger partial charge in [-0.15, -0.1) is 0 Å². The molecule has 1 amide bonds. The van der Waals surface area contributed by atoms with Gasteiger partial charge in [0.2, 0.25) is 5.91 Å². The highest BCUT2D eigenvalue weighted by molar-refractivity contribution is 5.80. The quantitative estimate of drug-likeness (QED) is 0.0273. The van der Waals surface area contributed by atoms with Gasteiger partial charge in [-0.3, -0.25) is 4.79 Å². The number of nitrogens with one attached hydrogen (secondary N) is 1. The topological polar surface area (TPSA) is 189 Å². The number of aliphatic hydroxyl groups is 7. The molecule has 0 aromatic carbocycles. The summed E-state index contributed by atoms with van der Waals surface area (Å²) in [5.41, 5.74) is 0. The van der Waals surface area contributed by atoms with Gasteiger partial charge >= 0.3 is 0 Å². The number of carbonyl (C=O) groups is 1. The molecule has 0 radical (unpaired) electrons. The number of amides is 1. The van der Waals surface area contributed by atoms with E-state index in [1.54, 1.807) is 0 Å². The number of ether oxygens (including phenoxy) is 2. The van der Waals surface area contributed by atoms with E-state index in [4.69, 9.17) is 9.47 Å². The van der Waals surface area contributed by atoms with Crippen molar-refractivity contribution >= 4 is 5.91 Å². The minimum absolute atomic E-state index is 0.266. The monoisotopic (exact) mass is 958 g/mol. The minimum Gasteiger partial charge on any atom is -0.394 e. The summed E-state index contributed by atoms with van der Waals surface area (Å²) >= 11 is 0. The highest BCUT2D eigenvalue weighted by Crippen LogP contribution is 2.24. The maximum Gasteiger partial charge on any atom is 0.249 e. The Hall–Kier alpha value is -0.890. The smallest absolute Gasteiger partial charge is 0.249 e. The third kappa shape index (κ3) is 35.0. The summed E-state index contributed by atoms with van der Waals surface area (Å²) in [6.07, 6.45) is 40.2. The largest absolute Gasteiger partial charge is 0.394 e. The van der Waals surface area contributed by atoms with Crippen LogP contribution < -0.4 is 5.32 Å². The van der Waals surface area contributed by atoms with Gasteiger partial charge in [-0.25, -0.2) is 0 Å². The lowest BCUT2D eigenvalue weighted by molar-refractivity contribution is -0.303. The lowest BCUT2D eigenvalue weighted by Crippen LogP contribution is -2.60. The van der Waals surface area contributed by atoms with Crippen LogP contribution >= 0.6 is 0 Å². The van der Waals surface area contributed by atoms with E-state index in [1.165, 1.54) is 205 Å². The Morgan fingerprint density at radius 1 is 0.463 bits per heavy atom. The van der Waals surface area contributed by atoms with E-state index in [1.807, 2.05) is 0 Å². The lowest BCUT2D eigenvalue weighted by atomic mass is 9.98. The molecule has 0 aromatic heterocycles. The van der Waals surface area contributed by atoms with Gasteiger partial charge < -0.3 is 50.5 Å². The molecule has 8 N–H and O–H groups in total. The van der Waals surface area contributed by atoms with Gasteiger partial charge in [0.15, 0.2) is 6.29 Å². The first-order valence-electron chi connectivity index (χ1n) is 28.9. The molecule has 9 unspecified atom stereocenters. The molecular weight excluding hydrogens is 847 g/mol. The van der Waals surface area contributed by atoms with Gasteiger partial charge in [-0.2, -0.15) is 0 Å². The lowest BCUT2D eigenvalue weighted by Gasteiger charge is -2.40. The third-order valence-corrected chi connectivity index (χ3v) is 14.4. The van der Waals surface area contributed by atoms with E-state index >= 15 is 0 Å². The van der Waals surface area contributed by atoms with Crippen LogP contribution in [0, 0.1) is 0 Å². The molecule has 0 bridgehead atoms.